The van der Waals surface area contributed by atoms with Crippen LogP contribution in [-0.2, 0) is 0 Å². The molecule has 0 aliphatic carbocycles. The highest BCUT2D eigenvalue weighted by atomic mass is 16.4. The summed E-state index contributed by atoms with van der Waals surface area (Å²) in [5.74, 6) is -0.228. The smallest absolute Gasteiger partial charge is 0.192 e. The molecule has 0 saturated carbocycles. The van der Waals surface area contributed by atoms with Crippen LogP contribution >= 0.6 is 0 Å². The van der Waals surface area contributed by atoms with Crippen molar-refractivity contribution in [2.45, 2.75) is 0 Å². The van der Waals surface area contributed by atoms with Gasteiger partial charge in [-0.3, -0.25) is 0 Å². The quantitative estimate of drug-likeness (QED) is 0.269. The van der Waals surface area contributed by atoms with Crippen molar-refractivity contribution in [3.8, 4) is 0 Å². The van der Waals surface area contributed by atoms with Crippen molar-refractivity contribution < 1.29 is 10.4 Å². The van der Waals surface area contributed by atoms with E-state index in [-0.39, 0.29) is 11.5 Å². The van der Waals surface area contributed by atoms with E-state index in [2.05, 4.69) is 10.3 Å². The summed E-state index contributed by atoms with van der Waals surface area (Å²) in [6.45, 7) is 0. The van der Waals surface area contributed by atoms with Gasteiger partial charge in [0.2, 0.25) is 0 Å². The minimum Gasteiger partial charge on any atom is -0.410 e. The van der Waals surface area contributed by atoms with Crippen LogP contribution in [-0.4, -0.2) is 22.0 Å². The largest absolute Gasteiger partial charge is 0.410 e. The Morgan fingerprint density at radius 3 is 2.15 bits per heavy atom. The van der Waals surface area contributed by atoms with Crippen LogP contribution in [0.4, 0.5) is 0 Å². The summed E-state index contributed by atoms with van der Waals surface area (Å²) in [6, 6.07) is 8.70. The molecule has 0 unspecified atom stereocenters. The third kappa shape index (κ3) is 1.96. The molecule has 5 heteroatoms. The Labute approximate surface area is 74.8 Å². The molecular weight excluding hydrogens is 170 g/mol. The minimum absolute atomic E-state index is 0.0445. The molecule has 5 nitrogen and oxygen atoms in total. The van der Waals surface area contributed by atoms with Gasteiger partial charge < -0.3 is 16.1 Å². The van der Waals surface area contributed by atoms with Gasteiger partial charge in [-0.15, -0.1) is 0 Å². The Bertz CT molecular complexity index is 333. The second kappa shape index (κ2) is 4.10. The van der Waals surface area contributed by atoms with Gasteiger partial charge in [-0.05, 0) is 0 Å². The van der Waals surface area contributed by atoms with Crippen molar-refractivity contribution in [3.63, 3.8) is 0 Å². The van der Waals surface area contributed by atoms with Crippen LogP contribution in [0.2, 0.25) is 0 Å². The van der Waals surface area contributed by atoms with E-state index < -0.39 is 0 Å². The Balaban J connectivity index is 3.07. The first-order valence-corrected chi connectivity index (χ1v) is 3.55. The highest BCUT2D eigenvalue weighted by Crippen LogP contribution is 2.00. The van der Waals surface area contributed by atoms with Gasteiger partial charge in [0.1, 0.15) is 0 Å². The van der Waals surface area contributed by atoms with Crippen molar-refractivity contribution in [2.24, 2.45) is 16.0 Å². The van der Waals surface area contributed by atoms with Crippen molar-refractivity contribution in [1.82, 2.24) is 0 Å². The van der Waals surface area contributed by atoms with E-state index in [1.165, 1.54) is 0 Å². The second-order valence-electron chi connectivity index (χ2n) is 2.30. The predicted molar refractivity (Wildman–Crippen MR) is 48.2 cm³/mol. The molecule has 0 saturated heterocycles. The van der Waals surface area contributed by atoms with Gasteiger partial charge in [-0.2, -0.15) is 0 Å². The zero-order valence-corrected chi connectivity index (χ0v) is 6.75. The summed E-state index contributed by atoms with van der Waals surface area (Å²) in [6.07, 6.45) is 0. The van der Waals surface area contributed by atoms with Crippen LogP contribution in [0.15, 0.2) is 40.6 Å². The van der Waals surface area contributed by atoms with Crippen LogP contribution in [0.5, 0.6) is 0 Å². The zero-order chi connectivity index (χ0) is 9.68. The highest BCUT2D eigenvalue weighted by Gasteiger charge is 2.08. The van der Waals surface area contributed by atoms with Gasteiger partial charge in [0.15, 0.2) is 11.5 Å². The SMILES string of the molecule is NC(=NO)C(=NO)c1ccccc1. The van der Waals surface area contributed by atoms with Gasteiger partial charge in [-0.25, -0.2) is 0 Å². The lowest BCUT2D eigenvalue weighted by Crippen LogP contribution is -2.24. The summed E-state index contributed by atoms with van der Waals surface area (Å²) in [4.78, 5) is 0. The number of hydrogen-bond donors (Lipinski definition) is 3. The fourth-order valence-electron chi connectivity index (χ4n) is 0.900. The van der Waals surface area contributed by atoms with E-state index in [1.54, 1.807) is 24.3 Å². The van der Waals surface area contributed by atoms with E-state index in [4.69, 9.17) is 16.1 Å². The van der Waals surface area contributed by atoms with Crippen LogP contribution in [0, 0.1) is 0 Å². The maximum atomic E-state index is 8.60. The van der Waals surface area contributed by atoms with E-state index in [9.17, 15) is 0 Å². The van der Waals surface area contributed by atoms with Crippen molar-refractivity contribution >= 4 is 11.5 Å². The first-order valence-electron chi connectivity index (χ1n) is 3.55. The number of hydrogen-bond acceptors (Lipinski definition) is 4. The molecule has 0 spiro atoms. The maximum Gasteiger partial charge on any atom is 0.192 e. The average molecular weight is 179 g/mol. The number of nitrogens with zero attached hydrogens (tertiary/aromatic N) is 2. The molecule has 1 rings (SSSR count). The standard InChI is InChI=1S/C8H9N3O2/c9-8(11-13)7(10-12)6-4-2-1-3-5-6/h1-5,12-13H,(H2,9,11). The van der Waals surface area contributed by atoms with Gasteiger partial charge >= 0.3 is 0 Å². The molecule has 0 aromatic heterocycles. The number of nitrogens with two attached hydrogens (primary N) is 1. The number of oxime groups is 2. The first-order chi connectivity index (χ1) is 6.29. The van der Waals surface area contributed by atoms with Crippen LogP contribution < -0.4 is 5.73 Å². The monoisotopic (exact) mass is 179 g/mol. The summed E-state index contributed by atoms with van der Waals surface area (Å²) in [5.41, 5.74) is 5.90. The van der Waals surface area contributed by atoms with Crippen molar-refractivity contribution in [1.29, 1.82) is 0 Å². The Kier molecular flexibility index (Phi) is 2.86. The molecule has 1 aromatic rings. The normalized spacial score (nSPS) is 12.9. The lowest BCUT2D eigenvalue weighted by atomic mass is 10.1. The van der Waals surface area contributed by atoms with E-state index >= 15 is 0 Å². The molecule has 0 radical (unpaired) electrons. The topological polar surface area (TPSA) is 91.2 Å². The molecule has 0 fully saturated rings. The summed E-state index contributed by atoms with van der Waals surface area (Å²) in [5, 5.41) is 22.6. The van der Waals surface area contributed by atoms with Gasteiger partial charge in [0.05, 0.1) is 0 Å². The summed E-state index contributed by atoms with van der Waals surface area (Å²) < 4.78 is 0. The second-order valence-corrected chi connectivity index (χ2v) is 2.30. The molecule has 1 aromatic carbocycles. The Morgan fingerprint density at radius 1 is 1.08 bits per heavy atom. The average Bonchev–Trinajstić information content (AvgIpc) is 2.20. The molecule has 0 aliphatic heterocycles. The molecule has 4 N–H and O–H groups in total. The number of benzene rings is 1. The zero-order valence-electron chi connectivity index (χ0n) is 6.75. The fraction of sp³-hybridized carbons (Fsp3) is 0. The van der Waals surface area contributed by atoms with E-state index in [1.807, 2.05) is 6.07 Å². The van der Waals surface area contributed by atoms with E-state index in [0.717, 1.165) is 0 Å². The molecule has 0 bridgehead atoms. The fourth-order valence-corrected chi connectivity index (χ4v) is 0.900. The lowest BCUT2D eigenvalue weighted by molar-refractivity contribution is 0.314. The number of amidine groups is 1. The Morgan fingerprint density at radius 2 is 1.69 bits per heavy atom. The summed E-state index contributed by atoms with van der Waals surface area (Å²) >= 11 is 0. The van der Waals surface area contributed by atoms with Crippen molar-refractivity contribution in [3.05, 3.63) is 35.9 Å². The van der Waals surface area contributed by atoms with Crippen molar-refractivity contribution in [2.75, 3.05) is 0 Å². The third-order valence-corrected chi connectivity index (χ3v) is 1.50. The van der Waals surface area contributed by atoms with Gasteiger partial charge in [0.25, 0.3) is 0 Å². The molecule has 0 amide bonds. The Hall–Kier alpha value is -2.04. The molecule has 0 aliphatic rings. The molecule has 68 valence electrons. The van der Waals surface area contributed by atoms with Crippen LogP contribution in [0.25, 0.3) is 0 Å². The van der Waals surface area contributed by atoms with E-state index in [0.29, 0.717) is 5.56 Å². The molecule has 0 atom stereocenters. The van der Waals surface area contributed by atoms with Gasteiger partial charge in [0, 0.05) is 5.56 Å². The maximum absolute atomic E-state index is 8.60. The lowest BCUT2D eigenvalue weighted by Gasteiger charge is -2.00. The first kappa shape index (κ1) is 9.05. The number of rotatable bonds is 2. The predicted octanol–water partition coefficient (Wildman–Crippen LogP) is 0.611. The van der Waals surface area contributed by atoms with Crippen LogP contribution in [0.1, 0.15) is 5.56 Å². The third-order valence-electron chi connectivity index (χ3n) is 1.50. The molecule has 13 heavy (non-hydrogen) atoms. The molecular formula is C8H9N3O2. The summed E-state index contributed by atoms with van der Waals surface area (Å²) in [7, 11) is 0. The van der Waals surface area contributed by atoms with Crippen LogP contribution in [0.3, 0.4) is 0 Å². The molecule has 0 heterocycles. The minimum atomic E-state index is -0.228. The van der Waals surface area contributed by atoms with Gasteiger partial charge in [-0.1, -0.05) is 40.6 Å². The highest BCUT2D eigenvalue weighted by molar-refractivity contribution is 6.46.